The van der Waals surface area contributed by atoms with Crippen LogP contribution in [0.5, 0.6) is 5.75 Å². The standard InChI is InChI=1S/C18H20O3/c1-11-5-8-13(9-6-11)18(3,4)14-10-7-12(2)15(16(14)19)17(20)21/h5-10,19H,1-4H3,(H,20,21). The zero-order valence-corrected chi connectivity index (χ0v) is 12.8. The molecule has 21 heavy (non-hydrogen) atoms. The lowest BCUT2D eigenvalue weighted by molar-refractivity contribution is 0.0692. The molecule has 3 heteroatoms. The number of phenols is 1. The van der Waals surface area contributed by atoms with E-state index in [1.165, 1.54) is 0 Å². The van der Waals surface area contributed by atoms with Crippen LogP contribution in [0.1, 0.15) is 46.5 Å². The van der Waals surface area contributed by atoms with Crippen LogP contribution in [0.25, 0.3) is 0 Å². The molecule has 2 aromatic rings. The van der Waals surface area contributed by atoms with E-state index in [4.69, 9.17) is 0 Å². The first-order chi connectivity index (χ1) is 9.75. The lowest BCUT2D eigenvalue weighted by Gasteiger charge is -2.28. The zero-order chi connectivity index (χ0) is 15.8. The first-order valence-electron chi connectivity index (χ1n) is 6.88. The van der Waals surface area contributed by atoms with Crippen LogP contribution in [0.15, 0.2) is 36.4 Å². The molecule has 0 heterocycles. The SMILES string of the molecule is Cc1ccc(C(C)(C)c2ccc(C)c(C(=O)O)c2O)cc1. The van der Waals surface area contributed by atoms with Gasteiger partial charge in [-0.1, -0.05) is 55.8 Å². The predicted molar refractivity (Wildman–Crippen MR) is 83.1 cm³/mol. The van der Waals surface area contributed by atoms with Gasteiger partial charge < -0.3 is 10.2 Å². The second kappa shape index (κ2) is 5.24. The third-order valence-corrected chi connectivity index (χ3v) is 4.05. The van der Waals surface area contributed by atoms with Crippen LogP contribution in [-0.4, -0.2) is 16.2 Å². The van der Waals surface area contributed by atoms with E-state index in [1.54, 1.807) is 19.1 Å². The van der Waals surface area contributed by atoms with Crippen LogP contribution < -0.4 is 0 Å². The average molecular weight is 284 g/mol. The van der Waals surface area contributed by atoms with Gasteiger partial charge >= 0.3 is 5.97 Å². The second-order valence-electron chi connectivity index (χ2n) is 5.95. The van der Waals surface area contributed by atoms with Gasteiger partial charge in [-0.05, 0) is 25.0 Å². The van der Waals surface area contributed by atoms with E-state index in [0.717, 1.165) is 11.1 Å². The fraction of sp³-hybridized carbons (Fsp3) is 0.278. The van der Waals surface area contributed by atoms with Gasteiger partial charge in [-0.2, -0.15) is 0 Å². The molecule has 0 spiro atoms. The van der Waals surface area contributed by atoms with Gasteiger partial charge in [-0.25, -0.2) is 4.79 Å². The quantitative estimate of drug-likeness (QED) is 0.894. The first kappa shape index (κ1) is 15.1. The number of carboxylic acid groups (broad SMARTS) is 1. The van der Waals surface area contributed by atoms with Gasteiger partial charge in [-0.15, -0.1) is 0 Å². The van der Waals surface area contributed by atoms with Gasteiger partial charge in [0.2, 0.25) is 0 Å². The Hall–Kier alpha value is -2.29. The van der Waals surface area contributed by atoms with Gasteiger partial charge in [0.05, 0.1) is 0 Å². The second-order valence-corrected chi connectivity index (χ2v) is 5.95. The van der Waals surface area contributed by atoms with E-state index in [9.17, 15) is 15.0 Å². The third-order valence-electron chi connectivity index (χ3n) is 4.05. The average Bonchev–Trinajstić information content (AvgIpc) is 2.38. The summed E-state index contributed by atoms with van der Waals surface area (Å²) in [5.41, 5.74) is 2.87. The number of hydrogen-bond acceptors (Lipinski definition) is 2. The van der Waals surface area contributed by atoms with Crippen molar-refractivity contribution in [3.05, 3.63) is 64.2 Å². The largest absolute Gasteiger partial charge is 0.507 e. The summed E-state index contributed by atoms with van der Waals surface area (Å²) in [4.78, 5) is 11.3. The lowest BCUT2D eigenvalue weighted by Crippen LogP contribution is -2.20. The molecular weight excluding hydrogens is 264 g/mol. The van der Waals surface area contributed by atoms with Crippen molar-refractivity contribution in [1.82, 2.24) is 0 Å². The van der Waals surface area contributed by atoms with Crippen molar-refractivity contribution in [2.24, 2.45) is 0 Å². The van der Waals surface area contributed by atoms with E-state index in [-0.39, 0.29) is 11.3 Å². The van der Waals surface area contributed by atoms with Gasteiger partial charge in [0.1, 0.15) is 11.3 Å². The summed E-state index contributed by atoms with van der Waals surface area (Å²) in [5.74, 6) is -1.25. The number of hydrogen-bond donors (Lipinski definition) is 2. The van der Waals surface area contributed by atoms with Crippen LogP contribution in [0.2, 0.25) is 0 Å². The minimum atomic E-state index is -1.11. The van der Waals surface area contributed by atoms with E-state index >= 15 is 0 Å². The molecule has 0 aliphatic carbocycles. The number of benzene rings is 2. The summed E-state index contributed by atoms with van der Waals surface area (Å²) in [7, 11) is 0. The summed E-state index contributed by atoms with van der Waals surface area (Å²) >= 11 is 0. The topological polar surface area (TPSA) is 57.5 Å². The normalized spacial score (nSPS) is 11.4. The molecule has 110 valence electrons. The van der Waals surface area contributed by atoms with Crippen LogP contribution in [0, 0.1) is 13.8 Å². The van der Waals surface area contributed by atoms with Gasteiger partial charge in [-0.3, -0.25) is 0 Å². The number of aryl methyl sites for hydroxylation is 2. The fourth-order valence-electron chi connectivity index (χ4n) is 2.59. The maximum Gasteiger partial charge on any atom is 0.339 e. The molecular formula is C18H20O3. The monoisotopic (exact) mass is 284 g/mol. The Balaban J connectivity index is 2.62. The fourth-order valence-corrected chi connectivity index (χ4v) is 2.59. The van der Waals surface area contributed by atoms with Gasteiger partial charge in [0, 0.05) is 11.0 Å². The molecule has 0 saturated heterocycles. The molecule has 0 amide bonds. The molecule has 2 aromatic carbocycles. The Morgan fingerprint density at radius 1 is 1.00 bits per heavy atom. The number of rotatable bonds is 3. The molecule has 0 radical (unpaired) electrons. The summed E-state index contributed by atoms with van der Waals surface area (Å²) in [6, 6.07) is 11.6. The maximum absolute atomic E-state index is 11.3. The Kier molecular flexibility index (Phi) is 3.77. The predicted octanol–water partition coefficient (Wildman–Crippen LogP) is 4.03. The molecule has 0 fully saturated rings. The molecule has 3 nitrogen and oxygen atoms in total. The van der Waals surface area contributed by atoms with Crippen molar-refractivity contribution < 1.29 is 15.0 Å². The van der Waals surface area contributed by atoms with Crippen molar-refractivity contribution in [3.63, 3.8) is 0 Å². The van der Waals surface area contributed by atoms with Crippen LogP contribution in [0.3, 0.4) is 0 Å². The molecule has 0 aliphatic heterocycles. The molecule has 2 rings (SSSR count). The highest BCUT2D eigenvalue weighted by Crippen LogP contribution is 2.39. The Morgan fingerprint density at radius 3 is 2.10 bits per heavy atom. The van der Waals surface area contributed by atoms with Gasteiger partial charge in [0.15, 0.2) is 0 Å². The maximum atomic E-state index is 11.3. The summed E-state index contributed by atoms with van der Waals surface area (Å²) in [6.45, 7) is 7.66. The van der Waals surface area contributed by atoms with Crippen LogP contribution in [0.4, 0.5) is 0 Å². The minimum Gasteiger partial charge on any atom is -0.507 e. The van der Waals surface area contributed by atoms with Crippen molar-refractivity contribution >= 4 is 5.97 Å². The van der Waals surface area contributed by atoms with Crippen LogP contribution in [-0.2, 0) is 5.41 Å². The molecule has 0 aliphatic rings. The van der Waals surface area contributed by atoms with Crippen molar-refractivity contribution in [2.75, 3.05) is 0 Å². The van der Waals surface area contributed by atoms with Crippen molar-refractivity contribution in [1.29, 1.82) is 0 Å². The summed E-state index contributed by atoms with van der Waals surface area (Å²) in [6.07, 6.45) is 0. The Bertz CT molecular complexity index is 682. The smallest absolute Gasteiger partial charge is 0.339 e. The number of aromatic hydroxyl groups is 1. The highest BCUT2D eigenvalue weighted by Gasteiger charge is 2.29. The Morgan fingerprint density at radius 2 is 1.57 bits per heavy atom. The molecule has 0 atom stereocenters. The van der Waals surface area contributed by atoms with Crippen LogP contribution >= 0.6 is 0 Å². The van der Waals surface area contributed by atoms with Gasteiger partial charge in [0.25, 0.3) is 0 Å². The van der Waals surface area contributed by atoms with Crippen molar-refractivity contribution in [2.45, 2.75) is 33.1 Å². The summed E-state index contributed by atoms with van der Waals surface area (Å²) in [5, 5.41) is 19.7. The lowest BCUT2D eigenvalue weighted by atomic mass is 9.76. The summed E-state index contributed by atoms with van der Waals surface area (Å²) < 4.78 is 0. The Labute approximate surface area is 124 Å². The zero-order valence-electron chi connectivity index (χ0n) is 12.8. The minimum absolute atomic E-state index is 0.0207. The number of carboxylic acids is 1. The van der Waals surface area contributed by atoms with Crippen molar-refractivity contribution in [3.8, 4) is 5.75 Å². The van der Waals surface area contributed by atoms with E-state index < -0.39 is 11.4 Å². The number of aromatic carboxylic acids is 1. The highest BCUT2D eigenvalue weighted by atomic mass is 16.4. The first-order valence-corrected chi connectivity index (χ1v) is 6.88. The molecule has 0 saturated carbocycles. The molecule has 0 unspecified atom stereocenters. The van der Waals surface area contributed by atoms with E-state index in [1.807, 2.05) is 45.0 Å². The molecule has 2 N–H and O–H groups in total. The molecule has 0 bridgehead atoms. The third kappa shape index (κ3) is 2.64. The number of carbonyl (C=O) groups is 1. The van der Waals surface area contributed by atoms with E-state index in [0.29, 0.717) is 11.1 Å². The van der Waals surface area contributed by atoms with E-state index in [2.05, 4.69) is 0 Å². The highest BCUT2D eigenvalue weighted by molar-refractivity contribution is 5.93. The molecule has 0 aromatic heterocycles.